The van der Waals surface area contributed by atoms with E-state index in [4.69, 9.17) is 0 Å². The van der Waals surface area contributed by atoms with Gasteiger partial charge in [0.2, 0.25) is 0 Å². The molecule has 0 atom stereocenters. The molecule has 1 aromatic rings. The van der Waals surface area contributed by atoms with Gasteiger partial charge in [0.05, 0.1) is 0 Å². The van der Waals surface area contributed by atoms with E-state index in [1.165, 1.54) is 6.07 Å². The minimum atomic E-state index is -0.399. The zero-order valence-corrected chi connectivity index (χ0v) is 9.28. The Hall–Kier alpha value is -0.480. The van der Waals surface area contributed by atoms with Crippen LogP contribution in [-0.2, 0) is 6.54 Å². The van der Waals surface area contributed by atoms with Crippen molar-refractivity contribution in [3.05, 3.63) is 35.4 Å². The smallest absolute Gasteiger partial charge is 0.127 e. The molecule has 0 aromatic heterocycles. The summed E-state index contributed by atoms with van der Waals surface area (Å²) < 4.78 is 25.8. The Kier molecular flexibility index (Phi) is 5.04. The van der Waals surface area contributed by atoms with E-state index in [9.17, 15) is 8.78 Å². The molecule has 78 valence electrons. The van der Waals surface area contributed by atoms with Crippen LogP contribution in [0.1, 0.15) is 12.0 Å². The summed E-state index contributed by atoms with van der Waals surface area (Å²) in [5.74, 6) is -0.763. The van der Waals surface area contributed by atoms with Gasteiger partial charge in [-0.1, -0.05) is 15.9 Å². The molecule has 14 heavy (non-hydrogen) atoms. The van der Waals surface area contributed by atoms with E-state index in [2.05, 4.69) is 21.2 Å². The van der Waals surface area contributed by atoms with Crippen molar-refractivity contribution < 1.29 is 8.78 Å². The van der Waals surface area contributed by atoms with Crippen LogP contribution >= 0.6 is 15.9 Å². The number of hydrogen-bond donors (Lipinski definition) is 1. The molecule has 4 heteroatoms. The van der Waals surface area contributed by atoms with Crippen molar-refractivity contribution in [1.82, 2.24) is 5.32 Å². The summed E-state index contributed by atoms with van der Waals surface area (Å²) in [6.45, 7) is 1.16. The number of benzene rings is 1. The zero-order valence-electron chi connectivity index (χ0n) is 7.69. The van der Waals surface area contributed by atoms with E-state index < -0.39 is 5.82 Å². The van der Waals surface area contributed by atoms with Crippen LogP contribution in [0, 0.1) is 11.6 Å². The van der Waals surface area contributed by atoms with Crippen LogP contribution in [0.3, 0.4) is 0 Å². The molecule has 0 fully saturated rings. The highest BCUT2D eigenvalue weighted by molar-refractivity contribution is 9.09. The Balaban J connectivity index is 2.45. The number of hydrogen-bond acceptors (Lipinski definition) is 1. The van der Waals surface area contributed by atoms with E-state index in [0.717, 1.165) is 30.4 Å². The second-order valence-corrected chi connectivity index (χ2v) is 3.75. The van der Waals surface area contributed by atoms with Crippen molar-refractivity contribution in [2.75, 3.05) is 11.9 Å². The zero-order chi connectivity index (χ0) is 10.4. The first-order chi connectivity index (χ1) is 6.74. The molecular weight excluding hydrogens is 252 g/mol. The summed E-state index contributed by atoms with van der Waals surface area (Å²) in [6, 6.07) is 3.49. The first-order valence-electron chi connectivity index (χ1n) is 4.44. The van der Waals surface area contributed by atoms with Gasteiger partial charge in [-0.25, -0.2) is 8.78 Å². The fraction of sp³-hybridized carbons (Fsp3) is 0.400. The largest absolute Gasteiger partial charge is 0.313 e. The van der Waals surface area contributed by atoms with Gasteiger partial charge < -0.3 is 5.32 Å². The Morgan fingerprint density at radius 1 is 1.29 bits per heavy atom. The van der Waals surface area contributed by atoms with E-state index in [1.54, 1.807) is 0 Å². The summed E-state index contributed by atoms with van der Waals surface area (Å²) >= 11 is 3.29. The molecule has 0 bridgehead atoms. The second-order valence-electron chi connectivity index (χ2n) is 2.96. The third-order valence-corrected chi connectivity index (χ3v) is 2.37. The van der Waals surface area contributed by atoms with Crippen LogP contribution in [0.4, 0.5) is 8.78 Å². The molecule has 1 rings (SSSR count). The molecule has 0 aliphatic rings. The van der Waals surface area contributed by atoms with Crippen LogP contribution in [0.25, 0.3) is 0 Å². The normalized spacial score (nSPS) is 10.5. The molecule has 0 amide bonds. The molecule has 1 nitrogen and oxygen atoms in total. The lowest BCUT2D eigenvalue weighted by molar-refractivity contribution is 0.568. The maximum absolute atomic E-state index is 13.1. The van der Waals surface area contributed by atoms with Crippen LogP contribution in [0.5, 0.6) is 0 Å². The van der Waals surface area contributed by atoms with Crippen LogP contribution in [0.15, 0.2) is 18.2 Å². The number of halogens is 3. The van der Waals surface area contributed by atoms with Crippen molar-refractivity contribution in [2.24, 2.45) is 0 Å². The predicted molar refractivity (Wildman–Crippen MR) is 56.5 cm³/mol. The second kappa shape index (κ2) is 6.09. The topological polar surface area (TPSA) is 12.0 Å². The third-order valence-electron chi connectivity index (χ3n) is 1.81. The standard InChI is InChI=1S/C10H12BrF2N/c11-4-1-5-14-7-8-6-9(12)2-3-10(8)13/h2-3,6,14H,1,4-5,7H2. The van der Waals surface area contributed by atoms with Gasteiger partial charge in [-0.15, -0.1) is 0 Å². The molecule has 0 aliphatic carbocycles. The fourth-order valence-electron chi connectivity index (χ4n) is 1.09. The van der Waals surface area contributed by atoms with Crippen molar-refractivity contribution in [1.29, 1.82) is 0 Å². The fourth-order valence-corrected chi connectivity index (χ4v) is 1.37. The lowest BCUT2D eigenvalue weighted by Crippen LogP contribution is -2.16. The first kappa shape index (κ1) is 11.6. The molecule has 0 saturated carbocycles. The van der Waals surface area contributed by atoms with Gasteiger partial charge in [0, 0.05) is 17.4 Å². The summed E-state index contributed by atoms with van der Waals surface area (Å²) in [7, 11) is 0. The molecule has 0 aliphatic heterocycles. The average Bonchev–Trinajstić information content (AvgIpc) is 2.18. The van der Waals surface area contributed by atoms with E-state index >= 15 is 0 Å². The summed E-state index contributed by atoms with van der Waals surface area (Å²) in [4.78, 5) is 0. The van der Waals surface area contributed by atoms with Gasteiger partial charge in [0.1, 0.15) is 11.6 Å². The lowest BCUT2D eigenvalue weighted by atomic mass is 10.2. The van der Waals surface area contributed by atoms with Crippen LogP contribution < -0.4 is 5.32 Å². The Morgan fingerprint density at radius 3 is 2.79 bits per heavy atom. The van der Waals surface area contributed by atoms with E-state index in [0.29, 0.717) is 12.1 Å². The van der Waals surface area contributed by atoms with Gasteiger partial charge in [-0.05, 0) is 31.2 Å². The molecule has 0 radical (unpaired) electrons. The monoisotopic (exact) mass is 263 g/mol. The van der Waals surface area contributed by atoms with Crippen LogP contribution in [-0.4, -0.2) is 11.9 Å². The molecule has 0 spiro atoms. The Labute approximate surface area is 90.6 Å². The minimum absolute atomic E-state index is 0.363. The summed E-state index contributed by atoms with van der Waals surface area (Å²) in [6.07, 6.45) is 0.969. The van der Waals surface area contributed by atoms with Crippen molar-refractivity contribution in [3.63, 3.8) is 0 Å². The molecule has 1 aromatic carbocycles. The van der Waals surface area contributed by atoms with E-state index in [1.807, 2.05) is 0 Å². The number of rotatable bonds is 5. The third kappa shape index (κ3) is 3.72. The Morgan fingerprint density at radius 2 is 2.07 bits per heavy atom. The average molecular weight is 264 g/mol. The SMILES string of the molecule is Fc1ccc(F)c(CNCCCBr)c1. The van der Waals surface area contributed by atoms with Gasteiger partial charge in [-0.3, -0.25) is 0 Å². The van der Waals surface area contributed by atoms with Crippen molar-refractivity contribution in [2.45, 2.75) is 13.0 Å². The Bertz CT molecular complexity index is 291. The van der Waals surface area contributed by atoms with Crippen LogP contribution in [0.2, 0.25) is 0 Å². The number of nitrogens with one attached hydrogen (secondary N) is 1. The summed E-state index contributed by atoms with van der Waals surface area (Å²) in [5.41, 5.74) is 0.375. The molecule has 0 saturated heterocycles. The molecular formula is C10H12BrF2N. The predicted octanol–water partition coefficient (Wildman–Crippen LogP) is 2.84. The molecule has 1 N–H and O–H groups in total. The maximum atomic E-state index is 13.1. The molecule has 0 heterocycles. The van der Waals surface area contributed by atoms with Gasteiger partial charge >= 0.3 is 0 Å². The quantitative estimate of drug-likeness (QED) is 0.637. The highest BCUT2D eigenvalue weighted by atomic mass is 79.9. The first-order valence-corrected chi connectivity index (χ1v) is 5.57. The van der Waals surface area contributed by atoms with E-state index in [-0.39, 0.29) is 5.82 Å². The van der Waals surface area contributed by atoms with Crippen molar-refractivity contribution in [3.8, 4) is 0 Å². The van der Waals surface area contributed by atoms with Gasteiger partial charge in [0.15, 0.2) is 0 Å². The maximum Gasteiger partial charge on any atom is 0.127 e. The highest BCUT2D eigenvalue weighted by Gasteiger charge is 2.02. The number of alkyl halides is 1. The van der Waals surface area contributed by atoms with Crippen molar-refractivity contribution >= 4 is 15.9 Å². The van der Waals surface area contributed by atoms with Gasteiger partial charge in [0.25, 0.3) is 0 Å². The minimum Gasteiger partial charge on any atom is -0.313 e. The van der Waals surface area contributed by atoms with Gasteiger partial charge in [-0.2, -0.15) is 0 Å². The highest BCUT2D eigenvalue weighted by Crippen LogP contribution is 2.08. The summed E-state index contributed by atoms with van der Waals surface area (Å²) in [5, 5.41) is 3.94. The lowest BCUT2D eigenvalue weighted by Gasteiger charge is -2.04. The molecule has 0 unspecified atom stereocenters.